The van der Waals surface area contributed by atoms with Crippen molar-refractivity contribution in [3.63, 3.8) is 0 Å². The van der Waals surface area contributed by atoms with Gasteiger partial charge >= 0.3 is 0 Å². The molecule has 0 radical (unpaired) electrons. The number of anilines is 2. The first-order valence-corrected chi connectivity index (χ1v) is 6.18. The van der Waals surface area contributed by atoms with Gasteiger partial charge in [-0.15, -0.1) is 0 Å². The molecule has 88 valence electrons. The second-order valence-electron chi connectivity index (χ2n) is 3.45. The van der Waals surface area contributed by atoms with Crippen molar-refractivity contribution in [2.24, 2.45) is 0 Å². The molecular formula is C13H13BrN2O. The van der Waals surface area contributed by atoms with Crippen LogP contribution in [0.15, 0.2) is 47.2 Å². The molecule has 0 aliphatic carbocycles. The Morgan fingerprint density at radius 2 is 2.12 bits per heavy atom. The molecule has 0 saturated heterocycles. The van der Waals surface area contributed by atoms with Crippen LogP contribution in [0, 0.1) is 0 Å². The third kappa shape index (κ3) is 3.20. The minimum atomic E-state index is 0.648. The van der Waals surface area contributed by atoms with Crippen molar-refractivity contribution in [1.29, 1.82) is 0 Å². The van der Waals surface area contributed by atoms with Crippen LogP contribution in [0.1, 0.15) is 6.92 Å². The largest absolute Gasteiger partial charge is 0.492 e. The van der Waals surface area contributed by atoms with Crippen LogP contribution < -0.4 is 10.1 Å². The maximum Gasteiger partial charge on any atom is 0.142 e. The molecule has 1 aromatic carbocycles. The van der Waals surface area contributed by atoms with Crippen LogP contribution >= 0.6 is 15.9 Å². The summed E-state index contributed by atoms with van der Waals surface area (Å²) in [6.45, 7) is 2.62. The molecule has 2 rings (SSSR count). The molecular weight excluding hydrogens is 280 g/mol. The van der Waals surface area contributed by atoms with Gasteiger partial charge < -0.3 is 10.1 Å². The van der Waals surface area contributed by atoms with Crippen LogP contribution in [0.2, 0.25) is 0 Å². The highest BCUT2D eigenvalue weighted by molar-refractivity contribution is 9.10. The Bertz CT molecular complexity index is 502. The fraction of sp³-hybridized carbons (Fsp3) is 0.154. The lowest BCUT2D eigenvalue weighted by atomic mass is 10.3. The second-order valence-corrected chi connectivity index (χ2v) is 4.36. The van der Waals surface area contributed by atoms with Gasteiger partial charge in [-0.2, -0.15) is 0 Å². The zero-order valence-corrected chi connectivity index (χ0v) is 11.1. The summed E-state index contributed by atoms with van der Waals surface area (Å²) in [4.78, 5) is 4.11. The van der Waals surface area contributed by atoms with E-state index >= 15 is 0 Å². The Labute approximate surface area is 109 Å². The monoisotopic (exact) mass is 292 g/mol. The maximum absolute atomic E-state index is 5.54. The van der Waals surface area contributed by atoms with Gasteiger partial charge in [-0.25, -0.2) is 0 Å². The number of hydrogen-bond donors (Lipinski definition) is 1. The van der Waals surface area contributed by atoms with Crippen LogP contribution in [-0.4, -0.2) is 11.6 Å². The van der Waals surface area contributed by atoms with E-state index < -0.39 is 0 Å². The fourth-order valence-electron chi connectivity index (χ4n) is 1.49. The van der Waals surface area contributed by atoms with E-state index in [0.29, 0.717) is 6.61 Å². The minimum Gasteiger partial charge on any atom is -0.492 e. The van der Waals surface area contributed by atoms with Gasteiger partial charge in [-0.1, -0.05) is 12.1 Å². The summed E-state index contributed by atoms with van der Waals surface area (Å²) in [5.41, 5.74) is 1.86. The molecule has 0 atom stereocenters. The normalized spacial score (nSPS) is 10.0. The van der Waals surface area contributed by atoms with E-state index in [9.17, 15) is 0 Å². The molecule has 0 aliphatic heterocycles. The van der Waals surface area contributed by atoms with Gasteiger partial charge in [0.1, 0.15) is 5.75 Å². The topological polar surface area (TPSA) is 34.1 Å². The van der Waals surface area contributed by atoms with Crippen LogP contribution in [-0.2, 0) is 0 Å². The second kappa shape index (κ2) is 5.68. The highest BCUT2D eigenvalue weighted by atomic mass is 79.9. The Morgan fingerprint density at radius 1 is 1.29 bits per heavy atom. The third-order valence-electron chi connectivity index (χ3n) is 2.17. The lowest BCUT2D eigenvalue weighted by molar-refractivity contribution is 0.342. The Hall–Kier alpha value is -1.55. The molecule has 1 heterocycles. The number of pyridine rings is 1. The lowest BCUT2D eigenvalue weighted by Crippen LogP contribution is -1.97. The van der Waals surface area contributed by atoms with E-state index in [2.05, 4.69) is 26.2 Å². The number of halogens is 1. The first kappa shape index (κ1) is 11.9. The van der Waals surface area contributed by atoms with Crippen molar-refractivity contribution in [3.05, 3.63) is 47.2 Å². The van der Waals surface area contributed by atoms with E-state index in [1.807, 2.05) is 37.3 Å². The van der Waals surface area contributed by atoms with Gasteiger partial charge in [-0.3, -0.25) is 4.98 Å². The van der Waals surface area contributed by atoms with Gasteiger partial charge in [0.25, 0.3) is 0 Å². The zero-order chi connectivity index (χ0) is 12.1. The number of ether oxygens (including phenoxy) is 1. The summed E-state index contributed by atoms with van der Waals surface area (Å²) < 4.78 is 6.49. The third-order valence-corrected chi connectivity index (χ3v) is 2.60. The number of nitrogens with zero attached hydrogens (tertiary/aromatic N) is 1. The molecule has 2 aromatic rings. The van der Waals surface area contributed by atoms with Gasteiger partial charge in [0, 0.05) is 10.7 Å². The van der Waals surface area contributed by atoms with Crippen LogP contribution in [0.4, 0.5) is 11.4 Å². The molecule has 0 bridgehead atoms. The predicted molar refractivity (Wildman–Crippen MR) is 72.8 cm³/mol. The van der Waals surface area contributed by atoms with Crippen molar-refractivity contribution in [2.45, 2.75) is 6.92 Å². The Kier molecular flexibility index (Phi) is 3.98. The first-order chi connectivity index (χ1) is 8.29. The summed E-state index contributed by atoms with van der Waals surface area (Å²) in [6, 6.07) is 9.81. The van der Waals surface area contributed by atoms with Crippen LogP contribution in [0.5, 0.6) is 5.75 Å². The molecule has 3 nitrogen and oxygen atoms in total. The SMILES string of the molecule is CCOc1ccccc1Nc1cncc(Br)c1. The van der Waals surface area contributed by atoms with Gasteiger partial charge in [0.2, 0.25) is 0 Å². The average molecular weight is 293 g/mol. The summed E-state index contributed by atoms with van der Waals surface area (Å²) in [5, 5.41) is 3.28. The van der Waals surface area contributed by atoms with E-state index in [1.165, 1.54) is 0 Å². The highest BCUT2D eigenvalue weighted by Crippen LogP contribution is 2.27. The molecule has 0 fully saturated rings. The molecule has 0 aliphatic rings. The quantitative estimate of drug-likeness (QED) is 0.925. The molecule has 17 heavy (non-hydrogen) atoms. The summed E-state index contributed by atoms with van der Waals surface area (Å²) >= 11 is 3.39. The van der Waals surface area contributed by atoms with Crippen molar-refractivity contribution < 1.29 is 4.74 Å². The van der Waals surface area contributed by atoms with E-state index in [4.69, 9.17) is 4.74 Å². The lowest BCUT2D eigenvalue weighted by Gasteiger charge is -2.11. The average Bonchev–Trinajstić information content (AvgIpc) is 2.32. The van der Waals surface area contributed by atoms with Crippen molar-refractivity contribution in [2.75, 3.05) is 11.9 Å². The standard InChI is InChI=1S/C13H13BrN2O/c1-2-17-13-6-4-3-5-12(13)16-11-7-10(14)8-15-9-11/h3-9,16H,2H2,1H3. The number of nitrogens with one attached hydrogen (secondary N) is 1. The van der Waals surface area contributed by atoms with E-state index in [-0.39, 0.29) is 0 Å². The Morgan fingerprint density at radius 3 is 2.88 bits per heavy atom. The molecule has 0 spiro atoms. The first-order valence-electron chi connectivity index (χ1n) is 5.39. The summed E-state index contributed by atoms with van der Waals surface area (Å²) in [6.07, 6.45) is 3.52. The van der Waals surface area contributed by atoms with E-state index in [0.717, 1.165) is 21.6 Å². The molecule has 4 heteroatoms. The van der Waals surface area contributed by atoms with Crippen molar-refractivity contribution >= 4 is 27.3 Å². The van der Waals surface area contributed by atoms with Gasteiger partial charge in [0.15, 0.2) is 0 Å². The molecule has 0 amide bonds. The molecule has 1 aromatic heterocycles. The number of hydrogen-bond acceptors (Lipinski definition) is 3. The smallest absolute Gasteiger partial charge is 0.142 e. The Balaban J connectivity index is 2.23. The molecule has 0 unspecified atom stereocenters. The van der Waals surface area contributed by atoms with Crippen LogP contribution in [0.3, 0.4) is 0 Å². The number of rotatable bonds is 4. The van der Waals surface area contributed by atoms with Crippen molar-refractivity contribution in [3.8, 4) is 5.75 Å². The number of benzene rings is 1. The zero-order valence-electron chi connectivity index (χ0n) is 9.48. The highest BCUT2D eigenvalue weighted by Gasteiger charge is 2.02. The van der Waals surface area contributed by atoms with Gasteiger partial charge in [0.05, 0.1) is 24.2 Å². The molecule has 1 N–H and O–H groups in total. The summed E-state index contributed by atoms with van der Waals surface area (Å²) in [7, 11) is 0. The summed E-state index contributed by atoms with van der Waals surface area (Å²) in [5.74, 6) is 0.843. The van der Waals surface area contributed by atoms with E-state index in [1.54, 1.807) is 12.4 Å². The van der Waals surface area contributed by atoms with Crippen molar-refractivity contribution in [1.82, 2.24) is 4.98 Å². The minimum absolute atomic E-state index is 0.648. The number of para-hydroxylation sites is 2. The fourth-order valence-corrected chi connectivity index (χ4v) is 1.85. The number of aromatic nitrogens is 1. The molecule has 0 saturated carbocycles. The van der Waals surface area contributed by atoms with Crippen LogP contribution in [0.25, 0.3) is 0 Å². The predicted octanol–water partition coefficient (Wildman–Crippen LogP) is 3.99. The maximum atomic E-state index is 5.54. The van der Waals surface area contributed by atoms with Gasteiger partial charge in [-0.05, 0) is 41.1 Å².